The summed E-state index contributed by atoms with van der Waals surface area (Å²) >= 11 is 0. The molecule has 6 nitrogen and oxygen atoms in total. The number of nitrogens with zero attached hydrogens (tertiary/aromatic N) is 2. The minimum absolute atomic E-state index is 0.255. The van der Waals surface area contributed by atoms with E-state index in [4.69, 9.17) is 19.3 Å². The normalized spacial score (nSPS) is 17.7. The van der Waals surface area contributed by atoms with Crippen molar-refractivity contribution in [1.29, 1.82) is 0 Å². The Kier molecular flexibility index (Phi) is 11.0. The first-order valence-corrected chi connectivity index (χ1v) is 8.05. The Bertz CT molecular complexity index is 234. The van der Waals surface area contributed by atoms with Gasteiger partial charge in [0.25, 0.3) is 0 Å². The summed E-state index contributed by atoms with van der Waals surface area (Å²) in [4.78, 5) is 4.70. The summed E-state index contributed by atoms with van der Waals surface area (Å²) in [6.07, 6.45) is 0.266. The van der Waals surface area contributed by atoms with Gasteiger partial charge in [-0.2, -0.15) is 0 Å². The topological polar surface area (TPSA) is 54.4 Å². The van der Waals surface area contributed by atoms with Crippen molar-refractivity contribution >= 4 is 0 Å². The van der Waals surface area contributed by atoms with Crippen LogP contribution in [0.5, 0.6) is 0 Å². The number of hydrogen-bond acceptors (Lipinski definition) is 6. The number of β-amino-alcohol motifs (C(OH)–C–C–N with tert-alkyl or cyclic N) is 1. The third-order valence-corrected chi connectivity index (χ3v) is 3.48. The van der Waals surface area contributed by atoms with Gasteiger partial charge in [0.1, 0.15) is 0 Å². The highest BCUT2D eigenvalue weighted by atomic mass is 16.5. The van der Waals surface area contributed by atoms with Gasteiger partial charge in [0.15, 0.2) is 0 Å². The fraction of sp³-hybridized carbons (Fsp3) is 1.00. The summed E-state index contributed by atoms with van der Waals surface area (Å²) in [7, 11) is 0. The first-order chi connectivity index (χ1) is 10.2. The van der Waals surface area contributed by atoms with Gasteiger partial charge in [-0.25, -0.2) is 0 Å². The van der Waals surface area contributed by atoms with Crippen LogP contribution in [0.25, 0.3) is 0 Å². The maximum atomic E-state index is 8.89. The Morgan fingerprint density at radius 3 is 1.90 bits per heavy atom. The van der Waals surface area contributed by atoms with Crippen LogP contribution in [-0.4, -0.2) is 99.9 Å². The van der Waals surface area contributed by atoms with Crippen molar-refractivity contribution in [1.82, 2.24) is 9.80 Å². The van der Waals surface area contributed by atoms with Gasteiger partial charge >= 0.3 is 0 Å². The van der Waals surface area contributed by atoms with E-state index in [0.29, 0.717) is 26.4 Å². The molecular formula is C15H32N2O4. The molecule has 1 fully saturated rings. The largest absolute Gasteiger partial charge is 0.395 e. The summed E-state index contributed by atoms with van der Waals surface area (Å²) < 4.78 is 16.4. The monoisotopic (exact) mass is 304 g/mol. The van der Waals surface area contributed by atoms with Gasteiger partial charge in [-0.05, 0) is 13.8 Å². The Balaban J connectivity index is 1.82. The molecule has 1 heterocycles. The molecule has 0 saturated carbocycles. The molecule has 1 saturated heterocycles. The molecule has 0 unspecified atom stereocenters. The quantitative estimate of drug-likeness (QED) is 0.514. The molecule has 0 spiro atoms. The van der Waals surface area contributed by atoms with Crippen LogP contribution in [0.15, 0.2) is 0 Å². The zero-order chi connectivity index (χ0) is 15.3. The van der Waals surface area contributed by atoms with Gasteiger partial charge in [0, 0.05) is 39.3 Å². The summed E-state index contributed by atoms with van der Waals surface area (Å²) in [6.45, 7) is 13.6. The van der Waals surface area contributed by atoms with E-state index in [9.17, 15) is 0 Å². The zero-order valence-electron chi connectivity index (χ0n) is 13.6. The number of aliphatic hydroxyl groups excluding tert-OH is 1. The van der Waals surface area contributed by atoms with Gasteiger partial charge in [-0.15, -0.1) is 0 Å². The maximum Gasteiger partial charge on any atom is 0.0703 e. The summed E-state index contributed by atoms with van der Waals surface area (Å²) in [5.74, 6) is 0. The smallest absolute Gasteiger partial charge is 0.0703 e. The van der Waals surface area contributed by atoms with Crippen LogP contribution < -0.4 is 0 Å². The van der Waals surface area contributed by atoms with E-state index in [1.54, 1.807) is 0 Å². The highest BCUT2D eigenvalue weighted by Gasteiger charge is 2.15. The first kappa shape index (κ1) is 18.8. The number of rotatable bonds is 12. The van der Waals surface area contributed by atoms with Gasteiger partial charge in [-0.3, -0.25) is 9.80 Å². The van der Waals surface area contributed by atoms with Crippen molar-refractivity contribution in [3.05, 3.63) is 0 Å². The molecule has 0 aromatic rings. The third-order valence-electron chi connectivity index (χ3n) is 3.48. The van der Waals surface area contributed by atoms with Crippen LogP contribution in [-0.2, 0) is 14.2 Å². The molecule has 1 rings (SSSR count). The minimum Gasteiger partial charge on any atom is -0.395 e. The molecule has 6 heteroatoms. The molecule has 126 valence electrons. The predicted octanol–water partition coefficient (Wildman–Crippen LogP) is 0.0545. The highest BCUT2D eigenvalue weighted by Crippen LogP contribution is 2.00. The van der Waals surface area contributed by atoms with Crippen molar-refractivity contribution in [2.45, 2.75) is 20.0 Å². The lowest BCUT2D eigenvalue weighted by molar-refractivity contribution is -0.00546. The van der Waals surface area contributed by atoms with E-state index in [1.165, 1.54) is 0 Å². The lowest BCUT2D eigenvalue weighted by atomic mass is 10.3. The summed E-state index contributed by atoms with van der Waals surface area (Å²) in [5, 5.41) is 8.89. The zero-order valence-corrected chi connectivity index (χ0v) is 13.6. The molecule has 21 heavy (non-hydrogen) atoms. The third kappa shape index (κ3) is 10.2. The SMILES string of the molecule is CC(C)OCCOCCOCCN1CCN(CCO)CC1. The molecule has 0 radical (unpaired) electrons. The van der Waals surface area contributed by atoms with Crippen molar-refractivity contribution in [2.24, 2.45) is 0 Å². The average molecular weight is 304 g/mol. The first-order valence-electron chi connectivity index (χ1n) is 8.05. The van der Waals surface area contributed by atoms with Crippen LogP contribution in [0.2, 0.25) is 0 Å². The highest BCUT2D eigenvalue weighted by molar-refractivity contribution is 4.71. The summed E-state index contributed by atoms with van der Waals surface area (Å²) in [5.41, 5.74) is 0. The number of hydrogen-bond donors (Lipinski definition) is 1. The Labute approximate surface area is 128 Å². The standard InChI is InChI=1S/C15H32N2O4/c1-15(2)21-14-13-20-12-11-19-10-8-17-5-3-16(4-6-17)7-9-18/h15,18H,3-14H2,1-2H3. The Morgan fingerprint density at radius 1 is 0.810 bits per heavy atom. The van der Waals surface area contributed by atoms with Gasteiger partial charge in [0.05, 0.1) is 45.7 Å². The molecule has 1 aliphatic rings. The fourth-order valence-corrected chi connectivity index (χ4v) is 2.24. The second kappa shape index (κ2) is 12.3. The van der Waals surface area contributed by atoms with Crippen molar-refractivity contribution < 1.29 is 19.3 Å². The van der Waals surface area contributed by atoms with E-state index >= 15 is 0 Å². The molecule has 1 aliphatic heterocycles. The van der Waals surface area contributed by atoms with Crippen LogP contribution in [0.3, 0.4) is 0 Å². The van der Waals surface area contributed by atoms with E-state index in [1.807, 2.05) is 13.8 Å². The second-order valence-corrected chi connectivity index (χ2v) is 5.55. The van der Waals surface area contributed by atoms with Crippen molar-refractivity contribution in [3.63, 3.8) is 0 Å². The van der Waals surface area contributed by atoms with E-state index in [-0.39, 0.29) is 12.7 Å². The van der Waals surface area contributed by atoms with E-state index < -0.39 is 0 Å². The maximum absolute atomic E-state index is 8.89. The lowest BCUT2D eigenvalue weighted by Crippen LogP contribution is -2.47. The van der Waals surface area contributed by atoms with Gasteiger partial charge in [-0.1, -0.05) is 0 Å². The van der Waals surface area contributed by atoms with Crippen molar-refractivity contribution in [3.8, 4) is 0 Å². The predicted molar refractivity (Wildman–Crippen MR) is 82.7 cm³/mol. The molecule has 0 bridgehead atoms. The summed E-state index contributed by atoms with van der Waals surface area (Å²) in [6, 6.07) is 0. The molecule has 1 N–H and O–H groups in total. The fourth-order valence-electron chi connectivity index (χ4n) is 2.24. The van der Waals surface area contributed by atoms with Crippen LogP contribution in [0, 0.1) is 0 Å². The average Bonchev–Trinajstić information content (AvgIpc) is 2.47. The molecule has 0 aromatic heterocycles. The Morgan fingerprint density at radius 2 is 1.33 bits per heavy atom. The molecule has 0 aromatic carbocycles. The molecular weight excluding hydrogens is 272 g/mol. The van der Waals surface area contributed by atoms with E-state index in [0.717, 1.165) is 45.9 Å². The second-order valence-electron chi connectivity index (χ2n) is 5.55. The van der Waals surface area contributed by atoms with Gasteiger partial charge in [0.2, 0.25) is 0 Å². The molecule has 0 aliphatic carbocycles. The lowest BCUT2D eigenvalue weighted by Gasteiger charge is -2.34. The number of piperazine rings is 1. The molecule has 0 amide bonds. The molecule has 0 atom stereocenters. The van der Waals surface area contributed by atoms with E-state index in [2.05, 4.69) is 9.80 Å². The minimum atomic E-state index is 0.255. The van der Waals surface area contributed by atoms with Crippen LogP contribution in [0.4, 0.5) is 0 Å². The van der Waals surface area contributed by atoms with Crippen molar-refractivity contribution in [2.75, 3.05) is 78.9 Å². The van der Waals surface area contributed by atoms with Crippen LogP contribution >= 0.6 is 0 Å². The number of aliphatic hydroxyl groups is 1. The number of ether oxygens (including phenoxy) is 3. The van der Waals surface area contributed by atoms with Gasteiger partial charge < -0.3 is 19.3 Å². The van der Waals surface area contributed by atoms with Crippen LogP contribution in [0.1, 0.15) is 13.8 Å². The Hall–Kier alpha value is -0.240.